The molecule has 5 nitrogen and oxygen atoms in total. The molecule has 0 fully saturated rings. The molecular weight excluding hydrogens is 202 g/mol. The number of anilines is 1. The van der Waals surface area contributed by atoms with E-state index >= 15 is 0 Å². The van der Waals surface area contributed by atoms with E-state index in [0.29, 0.717) is 0 Å². The average Bonchev–Trinajstić information content (AvgIpc) is 2.85. The normalized spacial score (nSPS) is 10.6. The quantitative estimate of drug-likeness (QED) is 0.831. The third-order valence-corrected chi connectivity index (χ3v) is 2.33. The largest absolute Gasteiger partial charge is 0.364 e. The molecular formula is C11H17N5. The van der Waals surface area contributed by atoms with Crippen LogP contribution in [-0.4, -0.2) is 19.6 Å². The zero-order valence-electron chi connectivity index (χ0n) is 9.72. The molecule has 0 spiro atoms. The van der Waals surface area contributed by atoms with Crippen molar-refractivity contribution in [2.45, 2.75) is 26.4 Å². The maximum Gasteiger partial charge on any atom is 0.148 e. The van der Waals surface area contributed by atoms with Gasteiger partial charge in [-0.15, -0.1) is 0 Å². The highest BCUT2D eigenvalue weighted by Gasteiger charge is 1.99. The highest BCUT2D eigenvalue weighted by Crippen LogP contribution is 2.05. The summed E-state index contributed by atoms with van der Waals surface area (Å²) in [6, 6.07) is 1.99. The molecule has 5 heteroatoms. The van der Waals surface area contributed by atoms with Gasteiger partial charge < -0.3 is 5.32 Å². The fraction of sp³-hybridized carbons (Fsp3) is 0.455. The third-order valence-electron chi connectivity index (χ3n) is 2.33. The monoisotopic (exact) mass is 219 g/mol. The van der Waals surface area contributed by atoms with E-state index in [1.165, 1.54) is 0 Å². The van der Waals surface area contributed by atoms with Crippen molar-refractivity contribution in [2.75, 3.05) is 5.32 Å². The molecule has 0 aliphatic carbocycles. The van der Waals surface area contributed by atoms with E-state index in [1.54, 1.807) is 4.68 Å². The summed E-state index contributed by atoms with van der Waals surface area (Å²) in [5.41, 5.74) is 1.16. The van der Waals surface area contributed by atoms with Gasteiger partial charge in [0.2, 0.25) is 0 Å². The lowest BCUT2D eigenvalue weighted by atomic mass is 10.3. The van der Waals surface area contributed by atoms with Crippen molar-refractivity contribution in [2.24, 2.45) is 7.05 Å². The van der Waals surface area contributed by atoms with Gasteiger partial charge in [-0.3, -0.25) is 9.36 Å². The zero-order chi connectivity index (χ0) is 11.4. The van der Waals surface area contributed by atoms with Crippen molar-refractivity contribution in [3.05, 3.63) is 30.2 Å². The van der Waals surface area contributed by atoms with Gasteiger partial charge in [0.1, 0.15) is 5.82 Å². The first-order chi connectivity index (χ1) is 7.78. The van der Waals surface area contributed by atoms with E-state index in [0.717, 1.165) is 30.9 Å². The van der Waals surface area contributed by atoms with Crippen molar-refractivity contribution in [1.82, 2.24) is 19.6 Å². The molecule has 0 amide bonds. The van der Waals surface area contributed by atoms with Crippen LogP contribution in [0.25, 0.3) is 0 Å². The number of aromatic nitrogens is 4. The summed E-state index contributed by atoms with van der Waals surface area (Å²) in [4.78, 5) is 0. The highest BCUT2D eigenvalue weighted by atomic mass is 15.3. The Morgan fingerprint density at radius 2 is 2.31 bits per heavy atom. The molecule has 2 aromatic rings. The van der Waals surface area contributed by atoms with Crippen LogP contribution in [0.2, 0.25) is 0 Å². The Labute approximate surface area is 95.1 Å². The fourth-order valence-electron chi connectivity index (χ4n) is 1.57. The van der Waals surface area contributed by atoms with Crippen molar-refractivity contribution < 1.29 is 0 Å². The van der Waals surface area contributed by atoms with Crippen molar-refractivity contribution in [1.29, 1.82) is 0 Å². The SMILES string of the molecule is CCCn1ccc(NCc2cnn(C)c2)n1. The Kier molecular flexibility index (Phi) is 3.24. The summed E-state index contributed by atoms with van der Waals surface area (Å²) in [7, 11) is 1.92. The lowest BCUT2D eigenvalue weighted by Gasteiger charge is -2.00. The molecule has 0 aliphatic heterocycles. The van der Waals surface area contributed by atoms with Gasteiger partial charge in [0.15, 0.2) is 0 Å². The Morgan fingerprint density at radius 3 is 3.00 bits per heavy atom. The third kappa shape index (κ3) is 2.62. The minimum Gasteiger partial charge on any atom is -0.364 e. The van der Waals surface area contributed by atoms with Gasteiger partial charge in [-0.25, -0.2) is 0 Å². The van der Waals surface area contributed by atoms with Crippen molar-refractivity contribution in [3.63, 3.8) is 0 Å². The Balaban J connectivity index is 1.89. The maximum atomic E-state index is 4.40. The second-order valence-electron chi connectivity index (χ2n) is 3.84. The van der Waals surface area contributed by atoms with Crippen LogP contribution in [0.15, 0.2) is 24.7 Å². The first-order valence-electron chi connectivity index (χ1n) is 5.53. The van der Waals surface area contributed by atoms with E-state index < -0.39 is 0 Å². The van der Waals surface area contributed by atoms with E-state index in [-0.39, 0.29) is 0 Å². The van der Waals surface area contributed by atoms with Gasteiger partial charge in [-0.2, -0.15) is 10.2 Å². The van der Waals surface area contributed by atoms with E-state index in [9.17, 15) is 0 Å². The second kappa shape index (κ2) is 4.83. The van der Waals surface area contributed by atoms with E-state index in [1.807, 2.05) is 36.4 Å². The Bertz CT molecular complexity index is 443. The van der Waals surface area contributed by atoms with Crippen LogP contribution >= 0.6 is 0 Å². The lowest BCUT2D eigenvalue weighted by Crippen LogP contribution is -2.02. The van der Waals surface area contributed by atoms with Gasteiger partial charge in [-0.05, 0) is 6.42 Å². The molecule has 86 valence electrons. The number of nitrogens with zero attached hydrogens (tertiary/aromatic N) is 4. The summed E-state index contributed by atoms with van der Waals surface area (Å²) in [5, 5.41) is 11.8. The maximum absolute atomic E-state index is 4.40. The lowest BCUT2D eigenvalue weighted by molar-refractivity contribution is 0.604. The van der Waals surface area contributed by atoms with E-state index in [4.69, 9.17) is 0 Å². The van der Waals surface area contributed by atoms with Crippen LogP contribution in [0.3, 0.4) is 0 Å². The van der Waals surface area contributed by atoms with Gasteiger partial charge in [0.05, 0.1) is 6.20 Å². The molecule has 0 aliphatic rings. The van der Waals surface area contributed by atoms with Crippen molar-refractivity contribution >= 4 is 5.82 Å². The average molecular weight is 219 g/mol. The van der Waals surface area contributed by atoms with Crippen LogP contribution in [0.1, 0.15) is 18.9 Å². The second-order valence-corrected chi connectivity index (χ2v) is 3.84. The molecule has 0 radical (unpaired) electrons. The molecule has 2 rings (SSSR count). The Hall–Kier alpha value is -1.78. The molecule has 0 saturated carbocycles. The number of nitrogens with one attached hydrogen (secondary N) is 1. The molecule has 1 N–H and O–H groups in total. The Morgan fingerprint density at radius 1 is 1.44 bits per heavy atom. The topological polar surface area (TPSA) is 47.7 Å². The molecule has 0 saturated heterocycles. The predicted octanol–water partition coefficient (Wildman–Crippen LogP) is 1.64. The standard InChI is InChI=1S/C11H17N5/c1-3-5-16-6-4-11(14-16)12-7-10-8-13-15(2)9-10/h4,6,8-9H,3,5,7H2,1-2H3,(H,12,14). The number of hydrogen-bond donors (Lipinski definition) is 1. The number of aryl methyl sites for hydroxylation is 2. The number of rotatable bonds is 5. The zero-order valence-corrected chi connectivity index (χ0v) is 9.72. The van der Waals surface area contributed by atoms with Gasteiger partial charge in [0.25, 0.3) is 0 Å². The van der Waals surface area contributed by atoms with Gasteiger partial charge in [0, 0.05) is 44.2 Å². The molecule has 0 bridgehead atoms. The summed E-state index contributed by atoms with van der Waals surface area (Å²) in [5.74, 6) is 0.914. The van der Waals surface area contributed by atoms with Crippen LogP contribution in [0.4, 0.5) is 5.82 Å². The van der Waals surface area contributed by atoms with Gasteiger partial charge in [-0.1, -0.05) is 6.92 Å². The van der Waals surface area contributed by atoms with Crippen molar-refractivity contribution in [3.8, 4) is 0 Å². The number of hydrogen-bond acceptors (Lipinski definition) is 3. The highest BCUT2D eigenvalue weighted by molar-refractivity contribution is 5.33. The molecule has 16 heavy (non-hydrogen) atoms. The van der Waals surface area contributed by atoms with Gasteiger partial charge >= 0.3 is 0 Å². The minimum absolute atomic E-state index is 0.761. The summed E-state index contributed by atoms with van der Waals surface area (Å²) in [6.07, 6.45) is 6.95. The summed E-state index contributed by atoms with van der Waals surface area (Å²) in [6.45, 7) is 3.87. The molecule has 0 atom stereocenters. The molecule has 0 unspecified atom stereocenters. The first kappa shape index (κ1) is 10.7. The predicted molar refractivity (Wildman–Crippen MR) is 63.1 cm³/mol. The molecule has 0 aromatic carbocycles. The smallest absolute Gasteiger partial charge is 0.148 e. The van der Waals surface area contributed by atoms with E-state index in [2.05, 4.69) is 22.4 Å². The molecule has 2 aromatic heterocycles. The van der Waals surface area contributed by atoms with Crippen LogP contribution in [0, 0.1) is 0 Å². The summed E-state index contributed by atoms with van der Waals surface area (Å²) < 4.78 is 3.75. The van der Waals surface area contributed by atoms with Crippen LogP contribution < -0.4 is 5.32 Å². The first-order valence-corrected chi connectivity index (χ1v) is 5.53. The fourth-order valence-corrected chi connectivity index (χ4v) is 1.57. The van der Waals surface area contributed by atoms with Crippen LogP contribution in [0.5, 0.6) is 0 Å². The summed E-state index contributed by atoms with van der Waals surface area (Å²) >= 11 is 0. The minimum atomic E-state index is 0.761. The molecule has 2 heterocycles. The van der Waals surface area contributed by atoms with Crippen LogP contribution in [-0.2, 0) is 20.1 Å².